The molecule has 114 valence electrons. The van der Waals surface area contributed by atoms with Crippen LogP contribution in [0.2, 0.25) is 0 Å². The third-order valence-corrected chi connectivity index (χ3v) is 4.34. The molecule has 1 aromatic heterocycles. The maximum Gasteiger partial charge on any atom is 0.170 e. The van der Waals surface area contributed by atoms with Gasteiger partial charge in [0.25, 0.3) is 0 Å². The third kappa shape index (κ3) is 4.05. The lowest BCUT2D eigenvalue weighted by Gasteiger charge is -2.12. The maximum atomic E-state index is 5.87. The number of hydrogen-bond donors (Lipinski definition) is 1. The molecule has 2 aromatic rings. The Kier molecular flexibility index (Phi) is 5.78. The van der Waals surface area contributed by atoms with Crippen LogP contribution in [0.5, 0.6) is 5.75 Å². The molecule has 0 aliphatic rings. The summed E-state index contributed by atoms with van der Waals surface area (Å²) in [6.45, 7) is 6.15. The molecule has 21 heavy (non-hydrogen) atoms. The van der Waals surface area contributed by atoms with Crippen LogP contribution in [0.3, 0.4) is 0 Å². The summed E-state index contributed by atoms with van der Waals surface area (Å²) in [7, 11) is 1.93. The van der Waals surface area contributed by atoms with E-state index in [4.69, 9.17) is 4.74 Å². The van der Waals surface area contributed by atoms with Gasteiger partial charge in [-0.1, -0.05) is 6.92 Å². The zero-order valence-corrected chi connectivity index (χ0v) is 15.5. The Morgan fingerprint density at radius 3 is 2.43 bits per heavy atom. The average Bonchev–Trinajstić information content (AvgIpc) is 2.76. The molecule has 0 bridgehead atoms. The van der Waals surface area contributed by atoms with Crippen molar-refractivity contribution in [1.82, 2.24) is 20.1 Å². The van der Waals surface area contributed by atoms with Crippen molar-refractivity contribution in [2.45, 2.75) is 27.0 Å². The number of ether oxygens (including phenoxy) is 1. The van der Waals surface area contributed by atoms with Crippen LogP contribution in [0, 0.1) is 6.92 Å². The van der Waals surface area contributed by atoms with Gasteiger partial charge in [-0.25, -0.2) is 0 Å². The summed E-state index contributed by atoms with van der Waals surface area (Å²) in [5.41, 5.74) is 1.19. The molecule has 1 aromatic carbocycles. The van der Waals surface area contributed by atoms with E-state index in [2.05, 4.69) is 66.4 Å². The smallest absolute Gasteiger partial charge is 0.170 e. The summed E-state index contributed by atoms with van der Waals surface area (Å²) in [6, 6.07) is 4.12. The lowest BCUT2D eigenvalue weighted by atomic mass is 10.2. The standard InChI is InChI=1S/C14H18Br2N4O/c1-4-17-7-10-5-11(15)14(12(16)6-10)21-8-13-19-18-9(2)20(13)3/h5-6,17H,4,7-8H2,1-3H3. The van der Waals surface area contributed by atoms with Crippen molar-refractivity contribution in [3.63, 3.8) is 0 Å². The van der Waals surface area contributed by atoms with E-state index in [1.807, 2.05) is 18.5 Å². The van der Waals surface area contributed by atoms with E-state index in [1.54, 1.807) is 0 Å². The van der Waals surface area contributed by atoms with Crippen LogP contribution in [0.4, 0.5) is 0 Å². The second kappa shape index (κ2) is 7.38. The van der Waals surface area contributed by atoms with Crippen LogP contribution in [0.1, 0.15) is 24.1 Å². The molecule has 0 radical (unpaired) electrons. The first-order chi connectivity index (χ1) is 10.0. The Balaban J connectivity index is 2.11. The van der Waals surface area contributed by atoms with Crippen molar-refractivity contribution in [3.05, 3.63) is 38.3 Å². The number of aryl methyl sites for hydroxylation is 1. The van der Waals surface area contributed by atoms with Crippen molar-refractivity contribution in [3.8, 4) is 5.75 Å². The first-order valence-corrected chi connectivity index (χ1v) is 8.27. The lowest BCUT2D eigenvalue weighted by molar-refractivity contribution is 0.287. The predicted octanol–water partition coefficient (Wildman–Crippen LogP) is 3.34. The van der Waals surface area contributed by atoms with Crippen molar-refractivity contribution < 1.29 is 4.74 Å². The van der Waals surface area contributed by atoms with Gasteiger partial charge in [0, 0.05) is 13.6 Å². The van der Waals surface area contributed by atoms with Crippen molar-refractivity contribution >= 4 is 31.9 Å². The molecule has 0 aliphatic heterocycles. The van der Waals surface area contributed by atoms with Crippen LogP contribution < -0.4 is 10.1 Å². The number of hydrogen-bond acceptors (Lipinski definition) is 4. The Hall–Kier alpha value is -0.920. The minimum atomic E-state index is 0.376. The minimum Gasteiger partial charge on any atom is -0.483 e. The molecule has 0 fully saturated rings. The minimum absolute atomic E-state index is 0.376. The van der Waals surface area contributed by atoms with Gasteiger partial charge >= 0.3 is 0 Å². The molecule has 0 saturated carbocycles. The number of nitrogens with zero attached hydrogens (tertiary/aromatic N) is 3. The van der Waals surface area contributed by atoms with Crippen LogP contribution >= 0.6 is 31.9 Å². The SMILES string of the molecule is CCNCc1cc(Br)c(OCc2nnc(C)n2C)c(Br)c1. The van der Waals surface area contributed by atoms with Crippen LogP contribution in [-0.4, -0.2) is 21.3 Å². The Labute approximate surface area is 141 Å². The number of aromatic nitrogens is 3. The Morgan fingerprint density at radius 2 is 1.90 bits per heavy atom. The van der Waals surface area contributed by atoms with Crippen molar-refractivity contribution in [2.24, 2.45) is 7.05 Å². The summed E-state index contributed by atoms with van der Waals surface area (Å²) >= 11 is 7.12. The van der Waals surface area contributed by atoms with E-state index in [0.29, 0.717) is 6.61 Å². The van der Waals surface area contributed by atoms with Gasteiger partial charge in [0.05, 0.1) is 8.95 Å². The second-order valence-corrected chi connectivity index (χ2v) is 6.39. The zero-order valence-electron chi connectivity index (χ0n) is 12.3. The molecule has 0 saturated heterocycles. The predicted molar refractivity (Wildman–Crippen MR) is 89.3 cm³/mol. The third-order valence-electron chi connectivity index (χ3n) is 3.17. The average molecular weight is 418 g/mol. The molecule has 0 amide bonds. The van der Waals surface area contributed by atoms with Gasteiger partial charge in [-0.05, 0) is 63.0 Å². The number of benzene rings is 1. The summed E-state index contributed by atoms with van der Waals surface area (Å²) < 4.78 is 9.63. The molecular formula is C14H18Br2N4O. The molecule has 2 rings (SSSR count). The highest BCUT2D eigenvalue weighted by molar-refractivity contribution is 9.11. The highest BCUT2D eigenvalue weighted by Crippen LogP contribution is 2.35. The normalized spacial score (nSPS) is 10.9. The van der Waals surface area contributed by atoms with Crippen LogP contribution in [0.25, 0.3) is 0 Å². The van der Waals surface area contributed by atoms with Crippen LogP contribution in [0.15, 0.2) is 21.1 Å². The topological polar surface area (TPSA) is 52.0 Å². The van der Waals surface area contributed by atoms with Gasteiger partial charge in [-0.15, -0.1) is 10.2 Å². The van der Waals surface area contributed by atoms with E-state index < -0.39 is 0 Å². The van der Waals surface area contributed by atoms with E-state index in [-0.39, 0.29) is 0 Å². The van der Waals surface area contributed by atoms with E-state index in [9.17, 15) is 0 Å². The second-order valence-electron chi connectivity index (χ2n) is 4.68. The molecule has 0 atom stereocenters. The Bertz CT molecular complexity index is 604. The number of nitrogens with one attached hydrogen (secondary N) is 1. The van der Waals surface area contributed by atoms with E-state index in [0.717, 1.165) is 39.4 Å². The van der Waals surface area contributed by atoms with Crippen molar-refractivity contribution in [1.29, 1.82) is 0 Å². The molecule has 5 nitrogen and oxygen atoms in total. The fourth-order valence-electron chi connectivity index (χ4n) is 1.84. The first-order valence-electron chi connectivity index (χ1n) is 6.69. The lowest BCUT2D eigenvalue weighted by Crippen LogP contribution is -2.12. The van der Waals surface area contributed by atoms with E-state index in [1.165, 1.54) is 5.56 Å². The number of halogens is 2. The zero-order chi connectivity index (χ0) is 15.4. The summed E-state index contributed by atoms with van der Waals surface area (Å²) in [5.74, 6) is 2.44. The molecule has 0 spiro atoms. The largest absolute Gasteiger partial charge is 0.483 e. The fraction of sp³-hybridized carbons (Fsp3) is 0.429. The Morgan fingerprint density at radius 1 is 1.24 bits per heavy atom. The van der Waals surface area contributed by atoms with Crippen molar-refractivity contribution in [2.75, 3.05) is 6.54 Å². The molecular weight excluding hydrogens is 400 g/mol. The summed E-state index contributed by atoms with van der Waals surface area (Å²) in [4.78, 5) is 0. The van der Waals surface area contributed by atoms with Gasteiger partial charge in [0.15, 0.2) is 5.82 Å². The molecule has 0 aliphatic carbocycles. The van der Waals surface area contributed by atoms with Gasteiger partial charge in [-0.3, -0.25) is 0 Å². The molecule has 1 N–H and O–H groups in total. The molecule has 1 heterocycles. The van der Waals surface area contributed by atoms with E-state index >= 15 is 0 Å². The number of rotatable bonds is 6. The molecule has 0 unspecified atom stereocenters. The highest BCUT2D eigenvalue weighted by atomic mass is 79.9. The maximum absolute atomic E-state index is 5.87. The fourth-order valence-corrected chi connectivity index (χ4v) is 3.35. The molecule has 7 heteroatoms. The van der Waals surface area contributed by atoms with Gasteiger partial charge < -0.3 is 14.6 Å². The van der Waals surface area contributed by atoms with Gasteiger partial charge in [0.1, 0.15) is 18.2 Å². The van der Waals surface area contributed by atoms with Gasteiger partial charge in [-0.2, -0.15) is 0 Å². The summed E-state index contributed by atoms with van der Waals surface area (Å²) in [6.07, 6.45) is 0. The highest BCUT2D eigenvalue weighted by Gasteiger charge is 2.11. The summed E-state index contributed by atoms with van der Waals surface area (Å²) in [5, 5.41) is 11.4. The monoisotopic (exact) mass is 416 g/mol. The first kappa shape index (κ1) is 16.5. The van der Waals surface area contributed by atoms with Gasteiger partial charge in [0.2, 0.25) is 0 Å². The quantitative estimate of drug-likeness (QED) is 0.783. The van der Waals surface area contributed by atoms with Crippen LogP contribution in [-0.2, 0) is 20.2 Å².